The van der Waals surface area contributed by atoms with Gasteiger partial charge in [-0.3, -0.25) is 33.0 Å². The molecule has 0 aliphatic carbocycles. The molecule has 3 saturated heterocycles. The zero-order valence-corrected chi connectivity index (χ0v) is 60.4. The fraction of sp³-hybridized carbons (Fsp3) is 0.871. The van der Waals surface area contributed by atoms with Gasteiger partial charge in [0, 0.05) is 45.7 Å². The molecule has 0 saturated carbocycles. The van der Waals surface area contributed by atoms with Crippen LogP contribution in [0.15, 0.2) is 24.3 Å². The molecule has 576 valence electrons. The second-order valence-corrected chi connectivity index (χ2v) is 27.7. The predicted molar refractivity (Wildman–Crippen MR) is 366 cm³/mol. The van der Waals surface area contributed by atoms with Crippen LogP contribution in [0.5, 0.6) is 0 Å². The van der Waals surface area contributed by atoms with E-state index in [1.165, 1.54) is 84.0 Å². The lowest BCUT2D eigenvalue weighted by Crippen LogP contribution is -2.68. The van der Waals surface area contributed by atoms with Gasteiger partial charge in [-0.25, -0.2) is 4.57 Å². The van der Waals surface area contributed by atoms with Crippen molar-refractivity contribution >= 4 is 37.5 Å². The Balaban J connectivity index is 1.42. The summed E-state index contributed by atoms with van der Waals surface area (Å²) < 4.78 is 69.7. The minimum Gasteiger partial charge on any atom is -0.462 e. The number of unbranched alkanes of at least 4 members (excludes halogenated alkanes) is 23. The predicted octanol–water partition coefficient (Wildman–Crippen LogP) is 6.47. The Kier molecular flexibility index (Phi) is 48.9. The molecule has 28 nitrogen and oxygen atoms in total. The summed E-state index contributed by atoms with van der Waals surface area (Å²) in [6.45, 7) is 3.69. The van der Waals surface area contributed by atoms with Crippen molar-refractivity contribution in [3.8, 4) is 0 Å². The van der Waals surface area contributed by atoms with Crippen molar-refractivity contribution in [3.05, 3.63) is 24.3 Å². The standard InChI is InChI=1S/C70H126N3O25P/c1-5-7-9-11-13-15-17-19-21-23-25-27-29-31-33-40-57(79)90-48-52(94-58(80)41-34-32-30-28-26-24-22-20-18-16-14-12-10-8-6-2)49-92-99(87,88)91-45-43-72-56(78)39-36-35-38-55(77)71-42-37-44-89-70-67(98-69-65(86)64(85)60(81)50(3)93-69)66(62(83)54(47-75)96-70)97-68-59(73-51(4)76)63(84)61(82)53(46-74)95-68/h19-22,50,52-54,59-70,74-75,81-86H,5-18,23-49H2,1-4H3,(H,71,77)(H,72,78)(H,73,76)(H,87,88)/b21-19+,22-20+/t50?,52?,53?,54?,59?,60-,61?,62?,63?,64-,65?,66?,67-,68?,69+,70?/m1/s1. The summed E-state index contributed by atoms with van der Waals surface area (Å²) in [5.41, 5.74) is 0. The molecule has 3 rings (SSSR count). The number of esters is 2. The van der Waals surface area contributed by atoms with E-state index in [0.29, 0.717) is 25.7 Å². The molecule has 29 heteroatoms. The Morgan fingerprint density at radius 3 is 1.49 bits per heavy atom. The highest BCUT2D eigenvalue weighted by atomic mass is 31.2. The molecule has 0 aromatic heterocycles. The Labute approximate surface area is 587 Å². The average molecular weight is 1440 g/mol. The molecule has 3 fully saturated rings. The lowest BCUT2D eigenvalue weighted by Gasteiger charge is -2.49. The van der Waals surface area contributed by atoms with E-state index in [4.69, 9.17) is 46.9 Å². The van der Waals surface area contributed by atoms with Gasteiger partial charge in [-0.05, 0) is 90.4 Å². The average Bonchev–Trinajstić information content (AvgIpc) is 0.775. The number of carbonyl (C=O) groups excluding carboxylic acids is 5. The van der Waals surface area contributed by atoms with Gasteiger partial charge in [-0.1, -0.05) is 141 Å². The van der Waals surface area contributed by atoms with Crippen LogP contribution in [0.3, 0.4) is 0 Å². The van der Waals surface area contributed by atoms with Gasteiger partial charge >= 0.3 is 19.8 Å². The van der Waals surface area contributed by atoms with E-state index in [2.05, 4.69) is 54.1 Å². The monoisotopic (exact) mass is 1440 g/mol. The number of hydrogen-bond donors (Lipinski definition) is 12. The number of rotatable bonds is 57. The number of allylic oxidation sites excluding steroid dienone is 4. The van der Waals surface area contributed by atoms with E-state index in [1.807, 2.05) is 0 Å². The van der Waals surface area contributed by atoms with Gasteiger partial charge in [0.15, 0.2) is 25.0 Å². The number of phosphoric ester groups is 1. The number of aliphatic hydroxyl groups is 8. The number of amides is 3. The third-order valence-electron chi connectivity index (χ3n) is 17.5. The van der Waals surface area contributed by atoms with Gasteiger partial charge in [0.2, 0.25) is 17.7 Å². The maximum absolute atomic E-state index is 13.0. The number of phosphoric acid groups is 1. The van der Waals surface area contributed by atoms with Crippen molar-refractivity contribution in [3.63, 3.8) is 0 Å². The van der Waals surface area contributed by atoms with Crippen molar-refractivity contribution in [1.82, 2.24) is 16.0 Å². The van der Waals surface area contributed by atoms with Crippen LogP contribution in [0.2, 0.25) is 0 Å². The van der Waals surface area contributed by atoms with Crippen LogP contribution in [-0.2, 0) is 75.5 Å². The second-order valence-electron chi connectivity index (χ2n) is 26.2. The van der Waals surface area contributed by atoms with E-state index >= 15 is 0 Å². The van der Waals surface area contributed by atoms with E-state index < -0.39 is 156 Å². The van der Waals surface area contributed by atoms with E-state index in [9.17, 15) is 74.3 Å². The molecule has 0 radical (unpaired) electrons. The summed E-state index contributed by atoms with van der Waals surface area (Å²) in [5, 5.41) is 92.7. The van der Waals surface area contributed by atoms with Gasteiger partial charge in [-0.2, -0.15) is 0 Å². The van der Waals surface area contributed by atoms with Crippen LogP contribution in [0.1, 0.15) is 240 Å². The van der Waals surface area contributed by atoms with Gasteiger partial charge in [0.1, 0.15) is 73.7 Å². The van der Waals surface area contributed by atoms with Gasteiger partial charge < -0.3 is 99.6 Å². The lowest BCUT2D eigenvalue weighted by molar-refractivity contribution is -0.385. The van der Waals surface area contributed by atoms with Crippen LogP contribution >= 0.6 is 7.82 Å². The Bertz CT molecular complexity index is 2280. The van der Waals surface area contributed by atoms with Crippen LogP contribution in [0.4, 0.5) is 0 Å². The maximum atomic E-state index is 13.0. The molecule has 3 heterocycles. The number of ether oxygens (including phenoxy) is 8. The molecule has 0 spiro atoms. The number of aliphatic hydroxyl groups excluding tert-OH is 8. The molecule has 0 aromatic carbocycles. The molecule has 12 N–H and O–H groups in total. The first kappa shape index (κ1) is 89.6. The number of carbonyl (C=O) groups is 5. The van der Waals surface area contributed by atoms with Crippen LogP contribution in [-0.4, -0.2) is 226 Å². The van der Waals surface area contributed by atoms with Crippen molar-refractivity contribution in [2.45, 2.75) is 338 Å². The molecule has 3 amide bonds. The zero-order valence-electron chi connectivity index (χ0n) is 59.5. The van der Waals surface area contributed by atoms with E-state index in [-0.39, 0.29) is 64.3 Å². The quantitative estimate of drug-likeness (QED) is 0.0134. The van der Waals surface area contributed by atoms with Gasteiger partial charge in [-0.15, -0.1) is 0 Å². The Morgan fingerprint density at radius 1 is 0.485 bits per heavy atom. The molecular formula is C70H126N3O25P. The molecule has 0 bridgehead atoms. The SMILES string of the molecule is CCCCCCCC/C=C/CCCCCCCC(=O)OCC(COP(=O)(O)OCCNC(=O)CCCCC(=O)NCCCOC1OC(CO)C(O)C(OC2OC(CO)C(O)C(O)C2NC(C)=O)[C@H]1O[C@@H]1OC(C)[C@@H](O)[C@@H](O)C1O)OC(=O)CCCCCCC/C=C/CCCCCCCC. The first-order valence-corrected chi connectivity index (χ1v) is 38.4. The molecular weight excluding hydrogens is 1310 g/mol. The topological polar surface area (TPSA) is 413 Å². The van der Waals surface area contributed by atoms with Crippen LogP contribution < -0.4 is 16.0 Å². The Hall–Kier alpha value is -3.62. The number of hydrogen-bond acceptors (Lipinski definition) is 24. The zero-order chi connectivity index (χ0) is 72.6. The summed E-state index contributed by atoms with van der Waals surface area (Å²) in [5.74, 6) is -2.49. The molecule has 99 heavy (non-hydrogen) atoms. The molecule has 0 aromatic rings. The molecule has 3 aliphatic heterocycles. The summed E-state index contributed by atoms with van der Waals surface area (Å²) in [7, 11) is -4.74. The van der Waals surface area contributed by atoms with Crippen molar-refractivity contribution in [2.24, 2.45) is 0 Å². The first-order valence-electron chi connectivity index (χ1n) is 36.9. The summed E-state index contributed by atoms with van der Waals surface area (Å²) in [4.78, 5) is 73.9. The smallest absolute Gasteiger partial charge is 0.462 e. The summed E-state index contributed by atoms with van der Waals surface area (Å²) in [6.07, 6.45) is 15.2. The third kappa shape index (κ3) is 38.6. The van der Waals surface area contributed by atoms with Crippen LogP contribution in [0.25, 0.3) is 0 Å². The summed E-state index contributed by atoms with van der Waals surface area (Å²) in [6, 6.07) is -1.49. The summed E-state index contributed by atoms with van der Waals surface area (Å²) >= 11 is 0. The molecule has 17 atom stereocenters. The fourth-order valence-corrected chi connectivity index (χ4v) is 12.4. The normalized spacial score (nSPS) is 26.7. The minimum atomic E-state index is -4.74. The van der Waals surface area contributed by atoms with Crippen LogP contribution in [0, 0.1) is 0 Å². The molecule has 13 unspecified atom stereocenters. The first-order chi connectivity index (χ1) is 47.7. The Morgan fingerprint density at radius 2 is 0.960 bits per heavy atom. The number of nitrogens with one attached hydrogen (secondary N) is 3. The lowest BCUT2D eigenvalue weighted by atomic mass is 9.95. The largest absolute Gasteiger partial charge is 0.472 e. The van der Waals surface area contributed by atoms with Gasteiger partial charge in [0.25, 0.3) is 0 Å². The second kappa shape index (κ2) is 54.1. The highest BCUT2D eigenvalue weighted by Crippen LogP contribution is 2.43. The highest BCUT2D eigenvalue weighted by Gasteiger charge is 2.54. The van der Waals surface area contributed by atoms with Gasteiger partial charge in [0.05, 0.1) is 39.1 Å². The highest BCUT2D eigenvalue weighted by molar-refractivity contribution is 7.47. The minimum absolute atomic E-state index is 0.0139. The molecule has 3 aliphatic rings. The fourth-order valence-electron chi connectivity index (χ4n) is 11.6. The third-order valence-corrected chi connectivity index (χ3v) is 18.5. The van der Waals surface area contributed by atoms with E-state index in [0.717, 1.165) is 84.0 Å². The van der Waals surface area contributed by atoms with Crippen molar-refractivity contribution < 1.29 is 121 Å². The van der Waals surface area contributed by atoms with Crippen molar-refractivity contribution in [2.75, 3.05) is 52.7 Å². The van der Waals surface area contributed by atoms with Crippen molar-refractivity contribution in [1.29, 1.82) is 0 Å². The maximum Gasteiger partial charge on any atom is 0.472 e. The van der Waals surface area contributed by atoms with E-state index in [1.54, 1.807) is 0 Å².